The van der Waals surface area contributed by atoms with Gasteiger partial charge >= 0.3 is 0 Å². The summed E-state index contributed by atoms with van der Waals surface area (Å²) in [4.78, 5) is 12.4. The molecule has 2 N–H and O–H groups in total. The monoisotopic (exact) mass is 458 g/mol. The summed E-state index contributed by atoms with van der Waals surface area (Å²) in [6, 6.07) is 11.4. The lowest BCUT2D eigenvalue weighted by Crippen LogP contribution is -2.30. The van der Waals surface area contributed by atoms with Crippen LogP contribution in [0.15, 0.2) is 47.4 Å². The van der Waals surface area contributed by atoms with E-state index < -0.39 is 10.0 Å². The van der Waals surface area contributed by atoms with Gasteiger partial charge in [-0.25, -0.2) is 13.1 Å². The zero-order valence-electron chi connectivity index (χ0n) is 13.6. The molecule has 128 valence electrons. The van der Waals surface area contributed by atoms with Crippen LogP contribution in [-0.2, 0) is 10.0 Å². The molecule has 0 saturated heterocycles. The number of carbonyl (C=O) groups excluding carboxylic acids is 1. The molecule has 0 heterocycles. The van der Waals surface area contributed by atoms with Crippen LogP contribution < -0.4 is 10.0 Å². The first kappa shape index (κ1) is 18.9. The minimum atomic E-state index is -3.55. The number of nitrogens with one attached hydrogen (secondary N) is 2. The fraction of sp³-hybridized carbons (Fsp3) is 0.235. The summed E-state index contributed by atoms with van der Waals surface area (Å²) < 4.78 is 27.8. The van der Waals surface area contributed by atoms with E-state index in [4.69, 9.17) is 0 Å². The molecule has 0 fully saturated rings. The smallest absolute Gasteiger partial charge is 0.255 e. The second-order valence-electron chi connectivity index (χ2n) is 5.71. The zero-order chi connectivity index (χ0) is 17.9. The average Bonchev–Trinajstić information content (AvgIpc) is 2.49. The third kappa shape index (κ3) is 4.78. The molecule has 0 bridgehead atoms. The Morgan fingerprint density at radius 1 is 1.08 bits per heavy atom. The molecule has 24 heavy (non-hydrogen) atoms. The van der Waals surface area contributed by atoms with E-state index in [1.807, 2.05) is 25.1 Å². The third-order valence-electron chi connectivity index (χ3n) is 3.25. The average molecular weight is 458 g/mol. The van der Waals surface area contributed by atoms with Gasteiger partial charge in [0.2, 0.25) is 10.0 Å². The van der Waals surface area contributed by atoms with Gasteiger partial charge in [-0.3, -0.25) is 4.79 Å². The van der Waals surface area contributed by atoms with Crippen molar-refractivity contribution < 1.29 is 13.2 Å². The third-order valence-corrected chi connectivity index (χ3v) is 5.60. The lowest BCUT2D eigenvalue weighted by atomic mass is 10.1. The maximum Gasteiger partial charge on any atom is 0.255 e. The van der Waals surface area contributed by atoms with Crippen molar-refractivity contribution in [3.63, 3.8) is 0 Å². The number of hydrogen-bond acceptors (Lipinski definition) is 3. The van der Waals surface area contributed by atoms with Gasteiger partial charge in [0.25, 0.3) is 5.91 Å². The first-order valence-electron chi connectivity index (χ1n) is 7.39. The molecule has 0 atom stereocenters. The number of benzene rings is 2. The first-order valence-corrected chi connectivity index (χ1v) is 9.95. The van der Waals surface area contributed by atoms with E-state index in [1.54, 1.807) is 13.8 Å². The van der Waals surface area contributed by atoms with Crippen LogP contribution in [-0.4, -0.2) is 20.4 Å². The van der Waals surface area contributed by atoms with Crippen molar-refractivity contribution in [1.29, 1.82) is 0 Å². The Morgan fingerprint density at radius 2 is 1.71 bits per heavy atom. The van der Waals surface area contributed by atoms with Gasteiger partial charge in [-0.15, -0.1) is 0 Å². The molecule has 5 nitrogen and oxygen atoms in total. The predicted octanol–water partition coefficient (Wildman–Crippen LogP) is 3.54. The highest BCUT2D eigenvalue weighted by atomic mass is 127. The van der Waals surface area contributed by atoms with E-state index in [2.05, 4.69) is 32.6 Å². The summed E-state index contributed by atoms with van der Waals surface area (Å²) in [5.41, 5.74) is 2.10. The minimum Gasteiger partial charge on any atom is -0.322 e. The Kier molecular flexibility index (Phi) is 6.00. The Bertz CT molecular complexity index is 847. The van der Waals surface area contributed by atoms with Gasteiger partial charge in [-0.1, -0.05) is 0 Å². The van der Waals surface area contributed by atoms with Gasteiger partial charge in [-0.05, 0) is 91.4 Å². The normalized spacial score (nSPS) is 11.5. The summed E-state index contributed by atoms with van der Waals surface area (Å²) in [6.45, 7) is 5.43. The molecular weight excluding hydrogens is 439 g/mol. The van der Waals surface area contributed by atoms with Crippen molar-refractivity contribution in [1.82, 2.24) is 4.72 Å². The number of amides is 1. The lowest BCUT2D eigenvalue weighted by molar-refractivity contribution is 0.102. The van der Waals surface area contributed by atoms with Crippen LogP contribution in [0.1, 0.15) is 29.8 Å². The van der Waals surface area contributed by atoms with E-state index in [1.165, 1.54) is 24.3 Å². The molecule has 0 radical (unpaired) electrons. The lowest BCUT2D eigenvalue weighted by Gasteiger charge is -2.11. The standard InChI is InChI=1S/C17H19IN2O3S/c1-11(2)20-24(22,23)15-7-4-13(5-8-15)17(21)19-16-9-6-14(18)10-12(16)3/h4-11,20H,1-3H3,(H,19,21). The molecule has 0 aliphatic carbocycles. The highest BCUT2D eigenvalue weighted by molar-refractivity contribution is 14.1. The molecule has 0 aliphatic heterocycles. The summed E-state index contributed by atoms with van der Waals surface area (Å²) >= 11 is 2.21. The molecule has 2 aromatic carbocycles. The van der Waals surface area contributed by atoms with Gasteiger partial charge in [0.15, 0.2) is 0 Å². The quantitative estimate of drug-likeness (QED) is 0.674. The van der Waals surface area contributed by atoms with E-state index in [0.717, 1.165) is 14.8 Å². The molecular formula is C17H19IN2O3S. The summed E-state index contributed by atoms with van der Waals surface area (Å²) in [6.07, 6.45) is 0. The molecule has 1 amide bonds. The number of sulfonamides is 1. The van der Waals surface area contributed by atoms with Crippen LogP contribution in [0.3, 0.4) is 0 Å². The fourth-order valence-electron chi connectivity index (χ4n) is 2.13. The highest BCUT2D eigenvalue weighted by Crippen LogP contribution is 2.19. The van der Waals surface area contributed by atoms with Crippen molar-refractivity contribution in [2.45, 2.75) is 31.7 Å². The number of rotatable bonds is 5. The number of anilines is 1. The van der Waals surface area contributed by atoms with Gasteiger partial charge < -0.3 is 5.32 Å². The van der Waals surface area contributed by atoms with Crippen molar-refractivity contribution in [3.05, 3.63) is 57.2 Å². The van der Waals surface area contributed by atoms with E-state index in [9.17, 15) is 13.2 Å². The Morgan fingerprint density at radius 3 is 2.25 bits per heavy atom. The maximum atomic E-state index is 12.3. The van der Waals surface area contributed by atoms with Gasteiger partial charge in [0, 0.05) is 20.9 Å². The van der Waals surface area contributed by atoms with E-state index >= 15 is 0 Å². The molecule has 7 heteroatoms. The van der Waals surface area contributed by atoms with E-state index in [0.29, 0.717) is 5.56 Å². The Hall–Kier alpha value is -1.45. The van der Waals surface area contributed by atoms with Crippen molar-refractivity contribution in [3.8, 4) is 0 Å². The second kappa shape index (κ2) is 7.62. The first-order chi connectivity index (χ1) is 11.2. The zero-order valence-corrected chi connectivity index (χ0v) is 16.6. The minimum absolute atomic E-state index is 0.137. The number of aryl methyl sites for hydroxylation is 1. The topological polar surface area (TPSA) is 75.3 Å². The molecule has 0 spiro atoms. The van der Waals surface area contributed by atoms with Crippen LogP contribution in [0.4, 0.5) is 5.69 Å². The van der Waals surface area contributed by atoms with Crippen LogP contribution >= 0.6 is 22.6 Å². The van der Waals surface area contributed by atoms with Crippen LogP contribution in [0.25, 0.3) is 0 Å². The van der Waals surface area contributed by atoms with Crippen LogP contribution in [0.2, 0.25) is 0 Å². The molecule has 2 rings (SSSR count). The van der Waals surface area contributed by atoms with Gasteiger partial charge in [0.1, 0.15) is 0 Å². The number of hydrogen-bond donors (Lipinski definition) is 2. The highest BCUT2D eigenvalue weighted by Gasteiger charge is 2.16. The Labute approximate surface area is 156 Å². The van der Waals surface area contributed by atoms with Crippen LogP contribution in [0, 0.1) is 10.5 Å². The van der Waals surface area contributed by atoms with Gasteiger partial charge in [0.05, 0.1) is 4.90 Å². The maximum absolute atomic E-state index is 12.3. The molecule has 0 aliphatic rings. The predicted molar refractivity (Wildman–Crippen MR) is 104 cm³/mol. The van der Waals surface area contributed by atoms with E-state index in [-0.39, 0.29) is 16.8 Å². The van der Waals surface area contributed by atoms with Crippen molar-refractivity contribution in [2.24, 2.45) is 0 Å². The fourth-order valence-corrected chi connectivity index (χ4v) is 4.02. The molecule has 0 unspecified atom stereocenters. The SMILES string of the molecule is Cc1cc(I)ccc1NC(=O)c1ccc(S(=O)(=O)NC(C)C)cc1. The molecule has 0 aromatic heterocycles. The largest absolute Gasteiger partial charge is 0.322 e. The summed E-state index contributed by atoms with van der Waals surface area (Å²) in [5.74, 6) is -0.278. The van der Waals surface area contributed by atoms with Gasteiger partial charge in [-0.2, -0.15) is 0 Å². The molecule has 0 saturated carbocycles. The Balaban J connectivity index is 2.17. The number of halogens is 1. The van der Waals surface area contributed by atoms with Crippen molar-refractivity contribution in [2.75, 3.05) is 5.32 Å². The van der Waals surface area contributed by atoms with Crippen molar-refractivity contribution >= 4 is 44.2 Å². The van der Waals surface area contributed by atoms with Crippen LogP contribution in [0.5, 0.6) is 0 Å². The second-order valence-corrected chi connectivity index (χ2v) is 8.67. The summed E-state index contributed by atoms with van der Waals surface area (Å²) in [7, 11) is -3.55. The number of carbonyl (C=O) groups is 1. The summed E-state index contributed by atoms with van der Waals surface area (Å²) in [5, 5.41) is 2.84. The molecule has 2 aromatic rings.